The normalized spacial score (nSPS) is 18.4. The molecule has 6 aromatic carbocycles. The van der Waals surface area contributed by atoms with Crippen LogP contribution < -0.4 is 4.74 Å². The topological polar surface area (TPSA) is 35.0 Å². The van der Waals surface area contributed by atoms with Crippen LogP contribution in [0.25, 0.3) is 44.9 Å². The summed E-state index contributed by atoms with van der Waals surface area (Å²) in [6.45, 7) is 4.84. The van der Waals surface area contributed by atoms with Crippen molar-refractivity contribution in [2.75, 3.05) is 0 Å². The van der Waals surface area contributed by atoms with E-state index in [0.29, 0.717) is 0 Å². The zero-order valence-electron chi connectivity index (χ0n) is 33.2. The van der Waals surface area contributed by atoms with E-state index in [1.807, 2.05) is 6.07 Å². The van der Waals surface area contributed by atoms with Crippen molar-refractivity contribution in [3.05, 3.63) is 226 Å². The Morgan fingerprint density at radius 2 is 1.19 bits per heavy atom. The van der Waals surface area contributed by atoms with Crippen LogP contribution in [-0.4, -0.2) is 9.97 Å². The summed E-state index contributed by atoms with van der Waals surface area (Å²) in [7, 11) is 0. The van der Waals surface area contributed by atoms with Crippen molar-refractivity contribution in [2.24, 2.45) is 5.41 Å². The zero-order valence-corrected chi connectivity index (χ0v) is 33.2. The summed E-state index contributed by atoms with van der Waals surface area (Å²) in [6.07, 6.45) is 12.7. The highest BCUT2D eigenvalue weighted by molar-refractivity contribution is 5.89. The van der Waals surface area contributed by atoms with Crippen molar-refractivity contribution >= 4 is 0 Å². The summed E-state index contributed by atoms with van der Waals surface area (Å²) >= 11 is 0. The highest BCUT2D eigenvalue weighted by atomic mass is 16.5. The predicted molar refractivity (Wildman–Crippen MR) is 238 cm³/mol. The average molecular weight is 759 g/mol. The molecule has 5 aliphatic rings. The zero-order chi connectivity index (χ0) is 39.3. The van der Waals surface area contributed by atoms with Crippen LogP contribution in [0.2, 0.25) is 0 Å². The van der Waals surface area contributed by atoms with Gasteiger partial charge in [-0.05, 0) is 88.1 Å². The average Bonchev–Trinajstić information content (AvgIpc) is 3.72. The molecule has 1 aromatic heterocycles. The van der Waals surface area contributed by atoms with E-state index < -0.39 is 5.41 Å². The van der Waals surface area contributed by atoms with Crippen LogP contribution in [0.1, 0.15) is 67.0 Å². The third kappa shape index (κ3) is 5.01. The van der Waals surface area contributed by atoms with Gasteiger partial charge >= 0.3 is 0 Å². The lowest BCUT2D eigenvalue weighted by Crippen LogP contribution is -2.32. The fourth-order valence-corrected chi connectivity index (χ4v) is 10.9. The molecule has 0 radical (unpaired) electrons. The lowest BCUT2D eigenvalue weighted by atomic mass is 9.66. The lowest BCUT2D eigenvalue weighted by molar-refractivity contribution is 0.436. The Kier molecular flexibility index (Phi) is 7.44. The van der Waals surface area contributed by atoms with Crippen molar-refractivity contribution in [1.29, 1.82) is 0 Å². The quantitative estimate of drug-likeness (QED) is 0.179. The smallest absolute Gasteiger partial charge is 0.160 e. The molecule has 3 nitrogen and oxygen atoms in total. The number of fused-ring (bicyclic) bond motifs is 10. The molecular weight excluding hydrogens is 717 g/mol. The Balaban J connectivity index is 0.938. The number of rotatable bonds is 4. The van der Waals surface area contributed by atoms with Gasteiger partial charge in [0, 0.05) is 33.6 Å². The van der Waals surface area contributed by atoms with Crippen LogP contribution >= 0.6 is 0 Å². The SMILES string of the molecule is CC1(C)C2=C(C=CCC2)C2=C1CC(c1cc(-c3ccc(-c4ccc5c(c4)C4(c6ccccc6O5)c5ccccc5-c5ccccc54)cc3)nc(-c3ccccc3)n1)C=C2. The highest BCUT2D eigenvalue weighted by Gasteiger charge is 2.51. The third-order valence-electron chi connectivity index (χ3n) is 13.7. The summed E-state index contributed by atoms with van der Waals surface area (Å²) in [5.41, 5.74) is 19.4. The molecular formula is C56H42N2O. The minimum Gasteiger partial charge on any atom is -0.457 e. The van der Waals surface area contributed by atoms with E-state index in [1.165, 1.54) is 50.1 Å². The number of hydrogen-bond acceptors (Lipinski definition) is 3. The summed E-state index contributed by atoms with van der Waals surface area (Å²) < 4.78 is 6.70. The van der Waals surface area contributed by atoms with Gasteiger partial charge < -0.3 is 4.74 Å². The van der Waals surface area contributed by atoms with Crippen LogP contribution in [0, 0.1) is 5.41 Å². The predicted octanol–water partition coefficient (Wildman–Crippen LogP) is 14.0. The monoisotopic (exact) mass is 758 g/mol. The van der Waals surface area contributed by atoms with Crippen LogP contribution in [0.4, 0.5) is 0 Å². The number of aromatic nitrogens is 2. The maximum atomic E-state index is 6.70. The maximum absolute atomic E-state index is 6.70. The number of ether oxygens (including phenoxy) is 1. The van der Waals surface area contributed by atoms with Crippen molar-refractivity contribution < 1.29 is 4.74 Å². The Morgan fingerprint density at radius 1 is 0.542 bits per heavy atom. The Bertz CT molecular complexity index is 2970. The standard InChI is InChI=1S/C56H42N2O/c1-55(2)44-19-9-6-16-40(44)43-30-28-39(33-48(43)55)51-34-50(57-54(58-51)37-14-4-3-5-15-37)36-26-24-35(25-27-36)38-29-31-53-49(32-38)56(47-22-12-13-23-52(47)59-53)45-20-10-7-17-41(45)42-18-8-11-21-46(42)56/h3-8,10-18,20-32,34,39H,9,19,33H2,1-2H3. The van der Waals surface area contributed by atoms with Crippen LogP contribution in [0.3, 0.4) is 0 Å². The first-order chi connectivity index (χ1) is 29.0. The second-order valence-corrected chi connectivity index (χ2v) is 17.1. The Hall–Kier alpha value is -6.84. The number of allylic oxidation sites excluding steroid dienone is 8. The molecule has 0 fully saturated rings. The summed E-state index contributed by atoms with van der Waals surface area (Å²) in [5, 5.41) is 0. The van der Waals surface area contributed by atoms with Gasteiger partial charge in [0.15, 0.2) is 5.82 Å². The van der Waals surface area contributed by atoms with Gasteiger partial charge in [-0.3, -0.25) is 0 Å². The second-order valence-electron chi connectivity index (χ2n) is 17.1. The van der Waals surface area contributed by atoms with Gasteiger partial charge in [-0.2, -0.15) is 0 Å². The van der Waals surface area contributed by atoms with Crippen molar-refractivity contribution in [1.82, 2.24) is 9.97 Å². The van der Waals surface area contributed by atoms with Gasteiger partial charge in [0.05, 0.1) is 16.8 Å². The van der Waals surface area contributed by atoms with Gasteiger partial charge in [0.25, 0.3) is 0 Å². The first-order valence-corrected chi connectivity index (χ1v) is 21.0. The molecule has 0 saturated heterocycles. The summed E-state index contributed by atoms with van der Waals surface area (Å²) in [5.74, 6) is 2.73. The van der Waals surface area contributed by atoms with Crippen LogP contribution in [0.5, 0.6) is 11.5 Å². The first-order valence-electron chi connectivity index (χ1n) is 21.0. The molecule has 1 atom stereocenters. The lowest BCUT2D eigenvalue weighted by Gasteiger charge is -2.39. The molecule has 0 N–H and O–H groups in total. The molecule has 1 aliphatic heterocycles. The van der Waals surface area contributed by atoms with Crippen LogP contribution in [0.15, 0.2) is 198 Å². The molecule has 1 spiro atoms. The van der Waals surface area contributed by atoms with E-state index in [9.17, 15) is 0 Å². The molecule has 0 saturated carbocycles. The number of benzene rings is 6. The van der Waals surface area contributed by atoms with Crippen LogP contribution in [-0.2, 0) is 5.41 Å². The Labute approximate surface area is 345 Å². The number of nitrogens with zero attached hydrogens (tertiary/aromatic N) is 2. The van der Waals surface area contributed by atoms with Crippen molar-refractivity contribution in [2.45, 2.75) is 44.4 Å². The van der Waals surface area contributed by atoms with Crippen molar-refractivity contribution in [3.8, 4) is 56.4 Å². The van der Waals surface area contributed by atoms with E-state index in [0.717, 1.165) is 70.2 Å². The first kappa shape index (κ1) is 34.2. The minimum atomic E-state index is -0.497. The molecule has 3 heteroatoms. The second kappa shape index (κ2) is 12.8. The van der Waals surface area contributed by atoms with Gasteiger partial charge in [0.1, 0.15) is 11.5 Å². The summed E-state index contributed by atoms with van der Waals surface area (Å²) in [6, 6.07) is 54.6. The summed E-state index contributed by atoms with van der Waals surface area (Å²) in [4.78, 5) is 10.5. The fourth-order valence-electron chi connectivity index (χ4n) is 10.9. The minimum absolute atomic E-state index is 0.0583. The van der Waals surface area contributed by atoms with Gasteiger partial charge in [-0.15, -0.1) is 0 Å². The molecule has 0 amide bonds. The Morgan fingerprint density at radius 3 is 1.97 bits per heavy atom. The van der Waals surface area contributed by atoms with E-state index in [2.05, 4.69) is 184 Å². The van der Waals surface area contributed by atoms with E-state index >= 15 is 0 Å². The molecule has 12 rings (SSSR count). The highest BCUT2D eigenvalue weighted by Crippen LogP contribution is 2.62. The fraction of sp³-hybridized carbons (Fsp3) is 0.143. The van der Waals surface area contributed by atoms with Crippen molar-refractivity contribution in [3.63, 3.8) is 0 Å². The molecule has 2 heterocycles. The molecule has 1 unspecified atom stereocenters. The van der Waals surface area contributed by atoms with Gasteiger partial charge in [-0.25, -0.2) is 9.97 Å². The molecule has 7 aromatic rings. The number of para-hydroxylation sites is 1. The molecule has 4 aliphatic carbocycles. The third-order valence-corrected chi connectivity index (χ3v) is 13.7. The van der Waals surface area contributed by atoms with Gasteiger partial charge in [-0.1, -0.05) is 177 Å². The van der Waals surface area contributed by atoms with E-state index in [4.69, 9.17) is 14.7 Å². The molecule has 0 bridgehead atoms. The van der Waals surface area contributed by atoms with Gasteiger partial charge in [0.2, 0.25) is 0 Å². The largest absolute Gasteiger partial charge is 0.457 e. The number of hydrogen-bond donors (Lipinski definition) is 0. The maximum Gasteiger partial charge on any atom is 0.160 e. The van der Waals surface area contributed by atoms with E-state index in [-0.39, 0.29) is 11.3 Å². The molecule has 282 valence electrons. The molecule has 59 heavy (non-hydrogen) atoms. The van der Waals surface area contributed by atoms with E-state index in [1.54, 1.807) is 5.57 Å².